The van der Waals surface area contributed by atoms with Crippen molar-refractivity contribution in [1.82, 2.24) is 9.97 Å². The van der Waals surface area contributed by atoms with Crippen molar-refractivity contribution in [3.63, 3.8) is 0 Å². The fraction of sp³-hybridized carbons (Fsp3) is 0.333. The second-order valence-corrected chi connectivity index (χ2v) is 5.08. The molecule has 0 N–H and O–H groups in total. The van der Waals surface area contributed by atoms with Gasteiger partial charge < -0.3 is 0 Å². The lowest BCUT2D eigenvalue weighted by Crippen LogP contribution is -2.35. The van der Waals surface area contributed by atoms with E-state index in [1.807, 2.05) is 0 Å². The first-order valence-corrected chi connectivity index (χ1v) is 5.71. The van der Waals surface area contributed by atoms with Crippen molar-refractivity contribution in [3.8, 4) is 0 Å². The second-order valence-electron chi connectivity index (χ2n) is 3.49. The van der Waals surface area contributed by atoms with Crippen molar-refractivity contribution in [1.29, 1.82) is 0 Å². The minimum Gasteiger partial charge on any atom is -0.215 e. The predicted octanol–water partition coefficient (Wildman–Crippen LogP) is 4.31. The quantitative estimate of drug-likeness (QED) is 0.579. The molecule has 2 heterocycles. The summed E-state index contributed by atoms with van der Waals surface area (Å²) in [4.78, 5) is 6.99. The van der Waals surface area contributed by atoms with Crippen molar-refractivity contribution in [2.75, 3.05) is 0 Å². The minimum absolute atomic E-state index is 0.00595. The molecule has 18 heavy (non-hydrogen) atoms. The van der Waals surface area contributed by atoms with Crippen LogP contribution in [0.15, 0.2) is 6.07 Å². The lowest BCUT2D eigenvalue weighted by Gasteiger charge is -2.17. The lowest BCUT2D eigenvalue weighted by molar-refractivity contribution is -0.292. The van der Waals surface area contributed by atoms with Gasteiger partial charge in [-0.3, -0.25) is 0 Å². The number of alkyl halides is 5. The zero-order valence-corrected chi connectivity index (χ0v) is 10.2. The second kappa shape index (κ2) is 3.99. The summed E-state index contributed by atoms with van der Waals surface area (Å²) in [6, 6.07) is 1.53. The first-order valence-electron chi connectivity index (χ1n) is 4.51. The maximum absolute atomic E-state index is 13.1. The molecular formula is C9H4ClF5N2S. The van der Waals surface area contributed by atoms with Crippen LogP contribution in [-0.4, -0.2) is 16.1 Å². The standard InChI is InChI=1S/C9H4ClF5N2S/c1-3-2-4-5(10)16-7(17-6(4)18-3)8(11,12)9(13,14)15/h2H,1H3. The van der Waals surface area contributed by atoms with Crippen molar-refractivity contribution < 1.29 is 22.0 Å². The molecule has 0 bridgehead atoms. The third-order valence-electron chi connectivity index (χ3n) is 2.11. The van der Waals surface area contributed by atoms with Gasteiger partial charge in [0.25, 0.3) is 0 Å². The van der Waals surface area contributed by atoms with Crippen LogP contribution in [0.4, 0.5) is 22.0 Å². The number of fused-ring (bicyclic) bond motifs is 1. The maximum Gasteiger partial charge on any atom is 0.461 e. The number of rotatable bonds is 1. The first kappa shape index (κ1) is 13.4. The Bertz CT molecular complexity index is 607. The number of nitrogens with zero attached hydrogens (tertiary/aromatic N) is 2. The molecule has 2 nitrogen and oxygen atoms in total. The Hall–Kier alpha value is -1.02. The van der Waals surface area contributed by atoms with Crippen molar-refractivity contribution in [3.05, 3.63) is 21.9 Å². The molecule has 0 aliphatic heterocycles. The third kappa shape index (κ3) is 2.03. The number of halogens is 6. The van der Waals surface area contributed by atoms with E-state index in [1.54, 1.807) is 6.92 Å². The molecule has 0 aromatic carbocycles. The summed E-state index contributed by atoms with van der Waals surface area (Å²) >= 11 is 6.56. The van der Waals surface area contributed by atoms with Gasteiger partial charge in [-0.15, -0.1) is 11.3 Å². The summed E-state index contributed by atoms with van der Waals surface area (Å²) in [5.41, 5.74) is 0. The van der Waals surface area contributed by atoms with Crippen LogP contribution in [0.3, 0.4) is 0 Å². The Morgan fingerprint density at radius 2 is 1.78 bits per heavy atom. The Morgan fingerprint density at radius 1 is 1.17 bits per heavy atom. The van der Waals surface area contributed by atoms with E-state index in [9.17, 15) is 22.0 Å². The summed E-state index contributed by atoms with van der Waals surface area (Å²) in [6.07, 6.45) is -5.75. The molecule has 2 aromatic heterocycles. The average molecular weight is 303 g/mol. The molecule has 0 saturated carbocycles. The van der Waals surface area contributed by atoms with E-state index in [2.05, 4.69) is 9.97 Å². The summed E-state index contributed by atoms with van der Waals surface area (Å²) < 4.78 is 62.7. The van der Waals surface area contributed by atoms with Gasteiger partial charge in [-0.25, -0.2) is 9.97 Å². The van der Waals surface area contributed by atoms with Gasteiger partial charge in [0.2, 0.25) is 5.82 Å². The highest BCUT2D eigenvalue weighted by Crippen LogP contribution is 2.43. The number of aryl methyl sites for hydroxylation is 1. The van der Waals surface area contributed by atoms with Gasteiger partial charge in [0.1, 0.15) is 9.98 Å². The van der Waals surface area contributed by atoms with E-state index in [0.29, 0.717) is 4.88 Å². The highest BCUT2D eigenvalue weighted by atomic mass is 35.5. The molecule has 9 heteroatoms. The lowest BCUT2D eigenvalue weighted by atomic mass is 10.3. The van der Waals surface area contributed by atoms with Crippen LogP contribution < -0.4 is 0 Å². The van der Waals surface area contributed by atoms with E-state index in [0.717, 1.165) is 11.3 Å². The molecule has 0 unspecified atom stereocenters. The molecule has 0 aliphatic rings. The van der Waals surface area contributed by atoms with Gasteiger partial charge in [-0.1, -0.05) is 11.6 Å². The van der Waals surface area contributed by atoms with Crippen LogP contribution in [0.5, 0.6) is 0 Å². The largest absolute Gasteiger partial charge is 0.461 e. The number of hydrogen-bond donors (Lipinski definition) is 0. The maximum atomic E-state index is 13.1. The van der Waals surface area contributed by atoms with Gasteiger partial charge in [-0.05, 0) is 13.0 Å². The van der Waals surface area contributed by atoms with Gasteiger partial charge >= 0.3 is 12.1 Å². The summed E-state index contributed by atoms with van der Waals surface area (Å²) in [5.74, 6) is -6.75. The summed E-state index contributed by atoms with van der Waals surface area (Å²) in [6.45, 7) is 1.66. The molecule has 98 valence electrons. The third-order valence-corrected chi connectivity index (χ3v) is 3.34. The monoisotopic (exact) mass is 302 g/mol. The normalized spacial score (nSPS) is 13.3. The molecule has 0 saturated heterocycles. The zero-order chi connectivity index (χ0) is 13.7. The molecule has 0 fully saturated rings. The van der Waals surface area contributed by atoms with Crippen LogP contribution in [0.25, 0.3) is 10.2 Å². The fourth-order valence-electron chi connectivity index (χ4n) is 1.27. The van der Waals surface area contributed by atoms with Crippen LogP contribution >= 0.6 is 22.9 Å². The Labute approximate surface area is 106 Å². The van der Waals surface area contributed by atoms with Crippen LogP contribution in [-0.2, 0) is 5.92 Å². The summed E-state index contributed by atoms with van der Waals surface area (Å²) in [7, 11) is 0. The molecule has 0 atom stereocenters. The fourth-order valence-corrected chi connectivity index (χ4v) is 2.43. The van der Waals surface area contributed by atoms with Crippen molar-refractivity contribution >= 4 is 33.2 Å². The average Bonchev–Trinajstić information content (AvgIpc) is 2.57. The smallest absolute Gasteiger partial charge is 0.215 e. The first-order chi connectivity index (χ1) is 8.13. The minimum atomic E-state index is -5.75. The number of thiophene rings is 1. The van der Waals surface area contributed by atoms with Gasteiger partial charge in [0, 0.05) is 10.3 Å². The van der Waals surface area contributed by atoms with Gasteiger partial charge in [0.05, 0.1) is 0 Å². The van der Waals surface area contributed by atoms with Crippen LogP contribution in [0, 0.1) is 6.92 Å². The molecule has 0 aliphatic carbocycles. The molecular weight excluding hydrogens is 299 g/mol. The van der Waals surface area contributed by atoms with Crippen LogP contribution in [0.2, 0.25) is 5.15 Å². The topological polar surface area (TPSA) is 25.8 Å². The van der Waals surface area contributed by atoms with Crippen LogP contribution in [0.1, 0.15) is 10.7 Å². The number of hydrogen-bond acceptors (Lipinski definition) is 3. The molecule has 2 aromatic rings. The van der Waals surface area contributed by atoms with E-state index in [1.165, 1.54) is 6.07 Å². The predicted molar refractivity (Wildman–Crippen MR) is 57.1 cm³/mol. The van der Waals surface area contributed by atoms with E-state index in [-0.39, 0.29) is 10.2 Å². The van der Waals surface area contributed by atoms with Crippen molar-refractivity contribution in [2.45, 2.75) is 19.0 Å². The molecule has 0 amide bonds. The Balaban J connectivity index is 2.66. The van der Waals surface area contributed by atoms with Gasteiger partial charge in [-0.2, -0.15) is 22.0 Å². The van der Waals surface area contributed by atoms with E-state index < -0.39 is 23.1 Å². The zero-order valence-electron chi connectivity index (χ0n) is 8.65. The Kier molecular flexibility index (Phi) is 2.97. The highest BCUT2D eigenvalue weighted by molar-refractivity contribution is 7.18. The summed E-state index contributed by atoms with van der Waals surface area (Å²) in [5, 5.41) is -0.149. The molecule has 0 radical (unpaired) electrons. The highest BCUT2D eigenvalue weighted by Gasteiger charge is 2.61. The SMILES string of the molecule is Cc1cc2c(Cl)nc(C(F)(F)C(F)(F)F)nc2s1. The van der Waals surface area contributed by atoms with E-state index >= 15 is 0 Å². The number of aromatic nitrogens is 2. The molecule has 0 spiro atoms. The van der Waals surface area contributed by atoms with Crippen molar-refractivity contribution in [2.24, 2.45) is 0 Å². The van der Waals surface area contributed by atoms with Gasteiger partial charge in [0.15, 0.2) is 0 Å². The molecule has 2 rings (SSSR count). The Morgan fingerprint density at radius 3 is 2.33 bits per heavy atom. The van der Waals surface area contributed by atoms with E-state index in [4.69, 9.17) is 11.6 Å².